The van der Waals surface area contributed by atoms with Crippen molar-refractivity contribution in [3.05, 3.63) is 35.4 Å². The largest absolute Gasteiger partial charge is 0.379 e. The average molecular weight is 332 g/mol. The molecule has 1 N–H and O–H groups in total. The van der Waals surface area contributed by atoms with Crippen LogP contribution >= 0.6 is 0 Å². The number of nitrogens with one attached hydrogen (secondary N) is 1. The van der Waals surface area contributed by atoms with Crippen LogP contribution in [0.2, 0.25) is 0 Å². The third-order valence-corrected chi connectivity index (χ3v) is 5.49. The van der Waals surface area contributed by atoms with Gasteiger partial charge in [-0.25, -0.2) is 0 Å². The zero-order valence-electron chi connectivity index (χ0n) is 15.3. The molecule has 0 spiro atoms. The van der Waals surface area contributed by atoms with Crippen molar-refractivity contribution in [1.82, 2.24) is 15.1 Å². The van der Waals surface area contributed by atoms with Gasteiger partial charge in [-0.1, -0.05) is 31.2 Å². The third kappa shape index (κ3) is 5.03. The minimum Gasteiger partial charge on any atom is -0.379 e. The van der Waals surface area contributed by atoms with Crippen LogP contribution in [0.4, 0.5) is 0 Å². The summed E-state index contributed by atoms with van der Waals surface area (Å²) in [6.07, 6.45) is 3.61. The lowest BCUT2D eigenvalue weighted by Gasteiger charge is -2.36. The van der Waals surface area contributed by atoms with E-state index in [9.17, 15) is 0 Å². The van der Waals surface area contributed by atoms with Crippen LogP contribution < -0.4 is 5.32 Å². The summed E-state index contributed by atoms with van der Waals surface area (Å²) in [4.78, 5) is 4.98. The van der Waals surface area contributed by atoms with Crippen LogP contribution in [-0.4, -0.2) is 68.8 Å². The highest BCUT2D eigenvalue weighted by Gasteiger charge is 2.23. The van der Waals surface area contributed by atoms with Gasteiger partial charge in [-0.15, -0.1) is 0 Å². The molecule has 4 heteroatoms. The Bertz CT molecular complexity index is 476. The standard InChI is InChI=1S/C20H33N3O/c1-3-17-4-6-18(7-5-17)20(16-23-12-14-24-15-13-23)21-19-8-10-22(2)11-9-19/h4-7,19-21H,3,8-16H2,1-2H3/t20-/m0/s1. The molecule has 0 radical (unpaired) electrons. The van der Waals surface area contributed by atoms with Crippen molar-refractivity contribution in [2.24, 2.45) is 0 Å². The summed E-state index contributed by atoms with van der Waals surface area (Å²) in [5, 5.41) is 3.97. The Hall–Kier alpha value is -0.940. The molecule has 0 unspecified atom stereocenters. The number of likely N-dealkylation sites (tertiary alicyclic amines) is 1. The maximum Gasteiger partial charge on any atom is 0.0594 e. The van der Waals surface area contributed by atoms with Crippen molar-refractivity contribution in [2.45, 2.75) is 38.3 Å². The van der Waals surface area contributed by atoms with Gasteiger partial charge in [0.2, 0.25) is 0 Å². The Morgan fingerprint density at radius 3 is 2.38 bits per heavy atom. The number of nitrogens with zero attached hydrogens (tertiary/aromatic N) is 2. The summed E-state index contributed by atoms with van der Waals surface area (Å²) in [6, 6.07) is 10.3. The van der Waals surface area contributed by atoms with E-state index >= 15 is 0 Å². The minimum absolute atomic E-state index is 0.419. The molecule has 1 aromatic carbocycles. The fraction of sp³-hybridized carbons (Fsp3) is 0.700. The molecule has 0 amide bonds. The minimum atomic E-state index is 0.419. The third-order valence-electron chi connectivity index (χ3n) is 5.49. The maximum absolute atomic E-state index is 5.51. The molecule has 0 aromatic heterocycles. The van der Waals surface area contributed by atoms with Crippen LogP contribution in [-0.2, 0) is 11.2 Å². The Balaban J connectivity index is 1.66. The van der Waals surface area contributed by atoms with E-state index in [1.54, 1.807) is 0 Å². The van der Waals surface area contributed by atoms with Gasteiger partial charge in [0.15, 0.2) is 0 Å². The van der Waals surface area contributed by atoms with E-state index in [0.717, 1.165) is 39.3 Å². The first-order valence-corrected chi connectivity index (χ1v) is 9.58. The fourth-order valence-corrected chi connectivity index (χ4v) is 3.74. The lowest BCUT2D eigenvalue weighted by atomic mass is 9.99. The van der Waals surface area contributed by atoms with E-state index in [1.165, 1.54) is 37.1 Å². The summed E-state index contributed by atoms with van der Waals surface area (Å²) < 4.78 is 5.51. The van der Waals surface area contributed by atoms with Crippen molar-refractivity contribution < 1.29 is 4.74 Å². The van der Waals surface area contributed by atoms with Crippen molar-refractivity contribution in [2.75, 3.05) is 53.0 Å². The molecule has 2 aliphatic heterocycles. The van der Waals surface area contributed by atoms with E-state index in [1.807, 2.05) is 0 Å². The van der Waals surface area contributed by atoms with E-state index in [2.05, 4.69) is 53.4 Å². The Morgan fingerprint density at radius 1 is 1.08 bits per heavy atom. The maximum atomic E-state index is 5.51. The van der Waals surface area contributed by atoms with Gasteiger partial charge in [0, 0.05) is 31.7 Å². The van der Waals surface area contributed by atoms with Gasteiger partial charge in [-0.05, 0) is 50.5 Å². The smallest absolute Gasteiger partial charge is 0.0594 e. The lowest BCUT2D eigenvalue weighted by molar-refractivity contribution is 0.0322. The Labute approximate surface area is 147 Å². The van der Waals surface area contributed by atoms with Crippen LogP contribution in [0.3, 0.4) is 0 Å². The van der Waals surface area contributed by atoms with Crippen LogP contribution in [0.5, 0.6) is 0 Å². The van der Waals surface area contributed by atoms with Crippen molar-refractivity contribution in [3.63, 3.8) is 0 Å². The number of hydrogen-bond acceptors (Lipinski definition) is 4. The first-order chi connectivity index (χ1) is 11.7. The quantitative estimate of drug-likeness (QED) is 0.866. The molecular weight excluding hydrogens is 298 g/mol. The molecule has 2 aliphatic rings. The highest BCUT2D eigenvalue weighted by molar-refractivity contribution is 5.25. The molecule has 1 atom stereocenters. The van der Waals surface area contributed by atoms with Gasteiger partial charge in [-0.3, -0.25) is 4.90 Å². The second-order valence-corrected chi connectivity index (χ2v) is 7.30. The Kier molecular flexibility index (Phi) is 6.67. The number of ether oxygens (including phenoxy) is 1. The van der Waals surface area contributed by atoms with Crippen LogP contribution in [0.25, 0.3) is 0 Å². The van der Waals surface area contributed by atoms with Crippen molar-refractivity contribution >= 4 is 0 Å². The number of hydrogen-bond donors (Lipinski definition) is 1. The Morgan fingerprint density at radius 2 is 1.75 bits per heavy atom. The number of rotatable bonds is 6. The lowest BCUT2D eigenvalue weighted by Crippen LogP contribution is -2.47. The molecule has 2 fully saturated rings. The van der Waals surface area contributed by atoms with E-state index in [0.29, 0.717) is 12.1 Å². The summed E-state index contributed by atoms with van der Waals surface area (Å²) in [5.74, 6) is 0. The van der Waals surface area contributed by atoms with Gasteiger partial charge in [0.1, 0.15) is 0 Å². The predicted molar refractivity (Wildman–Crippen MR) is 99.5 cm³/mol. The number of aryl methyl sites for hydroxylation is 1. The monoisotopic (exact) mass is 331 g/mol. The van der Waals surface area contributed by atoms with Gasteiger partial charge >= 0.3 is 0 Å². The summed E-state index contributed by atoms with van der Waals surface area (Å²) in [7, 11) is 2.23. The second-order valence-electron chi connectivity index (χ2n) is 7.30. The van der Waals surface area contributed by atoms with Gasteiger partial charge < -0.3 is 15.0 Å². The SMILES string of the molecule is CCc1ccc([C@H](CN2CCOCC2)NC2CCN(C)CC2)cc1. The molecule has 0 saturated carbocycles. The average Bonchev–Trinajstić information content (AvgIpc) is 2.64. The highest BCUT2D eigenvalue weighted by atomic mass is 16.5. The first kappa shape index (κ1) is 17.9. The topological polar surface area (TPSA) is 27.7 Å². The molecule has 1 aromatic rings. The highest BCUT2D eigenvalue weighted by Crippen LogP contribution is 2.20. The number of benzene rings is 1. The molecule has 134 valence electrons. The van der Waals surface area contributed by atoms with Crippen molar-refractivity contribution in [3.8, 4) is 0 Å². The van der Waals surface area contributed by atoms with E-state index < -0.39 is 0 Å². The van der Waals surface area contributed by atoms with Gasteiger partial charge in [0.25, 0.3) is 0 Å². The summed E-state index contributed by atoms with van der Waals surface area (Å²) in [6.45, 7) is 9.56. The molecule has 0 bridgehead atoms. The number of piperidine rings is 1. The van der Waals surface area contributed by atoms with Gasteiger partial charge in [-0.2, -0.15) is 0 Å². The molecular formula is C20H33N3O. The van der Waals surface area contributed by atoms with Crippen LogP contribution in [0.1, 0.15) is 36.9 Å². The summed E-state index contributed by atoms with van der Waals surface area (Å²) in [5.41, 5.74) is 2.85. The zero-order chi connectivity index (χ0) is 16.8. The predicted octanol–water partition coefficient (Wildman–Crippen LogP) is 2.31. The molecule has 2 saturated heterocycles. The molecule has 3 rings (SSSR count). The number of morpholine rings is 1. The van der Waals surface area contributed by atoms with Crippen LogP contribution in [0, 0.1) is 0 Å². The first-order valence-electron chi connectivity index (χ1n) is 9.58. The molecule has 4 nitrogen and oxygen atoms in total. The van der Waals surface area contributed by atoms with E-state index in [4.69, 9.17) is 4.74 Å². The van der Waals surface area contributed by atoms with Crippen LogP contribution in [0.15, 0.2) is 24.3 Å². The van der Waals surface area contributed by atoms with Crippen molar-refractivity contribution in [1.29, 1.82) is 0 Å². The van der Waals surface area contributed by atoms with E-state index in [-0.39, 0.29) is 0 Å². The summed E-state index contributed by atoms with van der Waals surface area (Å²) >= 11 is 0. The molecule has 0 aliphatic carbocycles. The molecule has 2 heterocycles. The second kappa shape index (κ2) is 8.95. The zero-order valence-corrected chi connectivity index (χ0v) is 15.3. The normalized spacial score (nSPS) is 22.6. The fourth-order valence-electron chi connectivity index (χ4n) is 3.74. The van der Waals surface area contributed by atoms with Gasteiger partial charge in [0.05, 0.1) is 13.2 Å². The molecule has 24 heavy (non-hydrogen) atoms.